The summed E-state index contributed by atoms with van der Waals surface area (Å²) in [7, 11) is -1.36. The first-order valence-corrected chi connectivity index (χ1v) is 13.2. The lowest BCUT2D eigenvalue weighted by Crippen LogP contribution is -2.59. The summed E-state index contributed by atoms with van der Waals surface area (Å²) < 4.78 is 11.0. The molecule has 7 heteroatoms. The Morgan fingerprint density at radius 2 is 1.52 bits per heavy atom. The van der Waals surface area contributed by atoms with Gasteiger partial charge in [0.15, 0.2) is 6.29 Å². The molecule has 0 aromatic heterocycles. The predicted molar refractivity (Wildman–Crippen MR) is 100 cm³/mol. The molecule has 0 saturated carbocycles. The van der Waals surface area contributed by atoms with Gasteiger partial charge in [0, 0.05) is 14.7 Å². The number of rotatable bonds is 12. The van der Waals surface area contributed by atoms with E-state index in [1.165, 1.54) is 44.6 Å². The van der Waals surface area contributed by atoms with E-state index < -0.39 is 45.4 Å². The molecule has 6 nitrogen and oxygen atoms in total. The van der Waals surface area contributed by atoms with Crippen LogP contribution in [0.15, 0.2) is 0 Å². The zero-order valence-electron chi connectivity index (χ0n) is 16.1. The maximum atomic E-state index is 9.96. The van der Waals surface area contributed by atoms with Crippen molar-refractivity contribution in [3.05, 3.63) is 0 Å². The monoisotopic (exact) mass is 378 g/mol. The third kappa shape index (κ3) is 8.03. The van der Waals surface area contributed by atoms with Gasteiger partial charge < -0.3 is 29.9 Å². The maximum absolute atomic E-state index is 9.96. The molecule has 0 spiro atoms. The largest absolute Gasteiger partial charge is 0.394 e. The van der Waals surface area contributed by atoms with Gasteiger partial charge in [-0.3, -0.25) is 0 Å². The van der Waals surface area contributed by atoms with Crippen LogP contribution in [0.25, 0.3) is 0 Å². The standard InChI is InChI=1S/C18H38O6Si/c1-4-5-6-7-8-9-11-25(2,3)12-10-23-18-17(22)16(21)15(20)14(13-19)24-18/h14-22H,4-13H2,1-3H3/t14-,15-,16+,17-,18-/m1/s1. The molecule has 4 N–H and O–H groups in total. The Balaban J connectivity index is 2.27. The highest BCUT2D eigenvalue weighted by atomic mass is 28.3. The van der Waals surface area contributed by atoms with E-state index in [1.807, 2.05) is 0 Å². The van der Waals surface area contributed by atoms with Crippen LogP contribution in [0.1, 0.15) is 45.4 Å². The van der Waals surface area contributed by atoms with E-state index in [9.17, 15) is 20.4 Å². The van der Waals surface area contributed by atoms with Crippen molar-refractivity contribution in [3.8, 4) is 0 Å². The molecule has 0 aliphatic carbocycles. The predicted octanol–water partition coefficient (Wildman–Crippen LogP) is 1.87. The second-order valence-corrected chi connectivity index (χ2v) is 13.3. The van der Waals surface area contributed by atoms with Gasteiger partial charge in [-0.25, -0.2) is 0 Å². The summed E-state index contributed by atoms with van der Waals surface area (Å²) in [6.45, 7) is 6.94. The van der Waals surface area contributed by atoms with Crippen LogP contribution in [-0.2, 0) is 9.47 Å². The molecule has 0 bridgehead atoms. The first-order chi connectivity index (χ1) is 11.8. The number of hydrogen-bond acceptors (Lipinski definition) is 6. The Morgan fingerprint density at radius 3 is 2.16 bits per heavy atom. The topological polar surface area (TPSA) is 99.4 Å². The molecule has 1 saturated heterocycles. The second-order valence-electron chi connectivity index (χ2n) is 8.00. The second kappa shape index (κ2) is 11.6. The molecule has 25 heavy (non-hydrogen) atoms. The Morgan fingerprint density at radius 1 is 0.880 bits per heavy atom. The van der Waals surface area contributed by atoms with Crippen molar-refractivity contribution in [2.24, 2.45) is 0 Å². The lowest BCUT2D eigenvalue weighted by atomic mass is 9.99. The molecule has 1 aliphatic heterocycles. The van der Waals surface area contributed by atoms with Crippen LogP contribution in [0.3, 0.4) is 0 Å². The highest BCUT2D eigenvalue weighted by Gasteiger charge is 2.44. The Bertz CT molecular complexity index is 352. The molecule has 0 aromatic rings. The third-order valence-electron chi connectivity index (χ3n) is 5.12. The summed E-state index contributed by atoms with van der Waals surface area (Å²) in [6.07, 6.45) is 1.89. The average molecular weight is 379 g/mol. The van der Waals surface area contributed by atoms with E-state index in [2.05, 4.69) is 20.0 Å². The third-order valence-corrected chi connectivity index (χ3v) is 8.38. The van der Waals surface area contributed by atoms with Crippen LogP contribution in [0.5, 0.6) is 0 Å². The van der Waals surface area contributed by atoms with E-state index in [0.29, 0.717) is 6.61 Å². The molecule has 0 radical (unpaired) electrons. The molecule has 1 aliphatic rings. The molecule has 150 valence electrons. The smallest absolute Gasteiger partial charge is 0.186 e. The summed E-state index contributed by atoms with van der Waals surface area (Å²) in [5.74, 6) is 0. The summed E-state index contributed by atoms with van der Waals surface area (Å²) in [5, 5.41) is 38.7. The van der Waals surface area contributed by atoms with E-state index in [-0.39, 0.29) is 0 Å². The van der Waals surface area contributed by atoms with E-state index >= 15 is 0 Å². The van der Waals surface area contributed by atoms with Crippen molar-refractivity contribution in [2.45, 2.75) is 101 Å². The number of ether oxygens (including phenoxy) is 2. The van der Waals surface area contributed by atoms with Crippen molar-refractivity contribution in [2.75, 3.05) is 13.2 Å². The SMILES string of the molecule is CCCCCCCC[Si](C)(C)CCO[C@@H]1O[C@H](CO)[C@@H](O)[C@H](O)[C@H]1O. The fourth-order valence-electron chi connectivity index (χ4n) is 3.17. The van der Waals surface area contributed by atoms with E-state index in [1.54, 1.807) is 0 Å². The zero-order chi connectivity index (χ0) is 18.9. The van der Waals surface area contributed by atoms with Gasteiger partial charge in [0.1, 0.15) is 24.4 Å². The van der Waals surface area contributed by atoms with Crippen molar-refractivity contribution in [3.63, 3.8) is 0 Å². The molecule has 1 heterocycles. The fourth-order valence-corrected chi connectivity index (χ4v) is 5.29. The quantitative estimate of drug-likeness (QED) is 0.306. The van der Waals surface area contributed by atoms with Gasteiger partial charge in [-0.15, -0.1) is 0 Å². The fraction of sp³-hybridized carbons (Fsp3) is 1.00. The minimum absolute atomic E-state index is 0.427. The van der Waals surface area contributed by atoms with Gasteiger partial charge in [0.2, 0.25) is 0 Å². The van der Waals surface area contributed by atoms with Crippen LogP contribution in [0, 0.1) is 0 Å². The van der Waals surface area contributed by atoms with Crippen LogP contribution in [0.4, 0.5) is 0 Å². The molecule has 0 unspecified atom stereocenters. The van der Waals surface area contributed by atoms with Crippen molar-refractivity contribution in [1.29, 1.82) is 0 Å². The summed E-state index contributed by atoms with van der Waals surface area (Å²) >= 11 is 0. The van der Waals surface area contributed by atoms with Gasteiger partial charge in [0.05, 0.1) is 6.61 Å². The summed E-state index contributed by atoms with van der Waals surface area (Å²) in [5.41, 5.74) is 0. The first kappa shape index (κ1) is 23.0. The number of hydrogen-bond donors (Lipinski definition) is 4. The molecule has 1 fully saturated rings. The lowest BCUT2D eigenvalue weighted by Gasteiger charge is -2.39. The van der Waals surface area contributed by atoms with Gasteiger partial charge in [0.25, 0.3) is 0 Å². The number of aliphatic hydroxyl groups is 4. The number of unbranched alkanes of at least 4 members (excludes halogenated alkanes) is 5. The molecule has 0 amide bonds. The van der Waals surface area contributed by atoms with Gasteiger partial charge in [-0.05, 0) is 6.04 Å². The average Bonchev–Trinajstić information content (AvgIpc) is 2.58. The first-order valence-electron chi connectivity index (χ1n) is 9.74. The summed E-state index contributed by atoms with van der Waals surface area (Å²) in [4.78, 5) is 0. The minimum atomic E-state index is -1.37. The molecule has 1 rings (SSSR count). The molecular weight excluding hydrogens is 340 g/mol. The number of aliphatic hydroxyl groups excluding tert-OH is 4. The Labute approximate surface area is 153 Å². The van der Waals surface area contributed by atoms with E-state index in [0.717, 1.165) is 6.04 Å². The van der Waals surface area contributed by atoms with E-state index in [4.69, 9.17) is 9.47 Å². The van der Waals surface area contributed by atoms with Gasteiger partial charge >= 0.3 is 0 Å². The lowest BCUT2D eigenvalue weighted by molar-refractivity contribution is -0.300. The summed E-state index contributed by atoms with van der Waals surface area (Å²) in [6, 6.07) is 2.22. The molecule has 5 atom stereocenters. The van der Waals surface area contributed by atoms with Crippen molar-refractivity contribution >= 4 is 8.07 Å². The van der Waals surface area contributed by atoms with Gasteiger partial charge in [-0.2, -0.15) is 0 Å². The maximum Gasteiger partial charge on any atom is 0.186 e. The molecule has 0 aromatic carbocycles. The van der Waals surface area contributed by atoms with Crippen LogP contribution in [0.2, 0.25) is 25.2 Å². The Kier molecular flexibility index (Phi) is 10.7. The van der Waals surface area contributed by atoms with Crippen LogP contribution >= 0.6 is 0 Å². The minimum Gasteiger partial charge on any atom is -0.394 e. The molecular formula is C18H38O6Si. The normalized spacial score (nSPS) is 30.6. The Hall–Kier alpha value is -0.0231. The van der Waals surface area contributed by atoms with Crippen molar-refractivity contribution in [1.82, 2.24) is 0 Å². The highest BCUT2D eigenvalue weighted by molar-refractivity contribution is 6.77. The zero-order valence-corrected chi connectivity index (χ0v) is 17.1. The van der Waals surface area contributed by atoms with Crippen LogP contribution < -0.4 is 0 Å². The van der Waals surface area contributed by atoms with Crippen LogP contribution in [-0.4, -0.2) is 72.4 Å². The van der Waals surface area contributed by atoms with Gasteiger partial charge in [-0.1, -0.05) is 64.6 Å². The van der Waals surface area contributed by atoms with Crippen molar-refractivity contribution < 1.29 is 29.9 Å². The highest BCUT2D eigenvalue weighted by Crippen LogP contribution is 2.24.